The molecule has 0 saturated heterocycles. The van der Waals surface area contributed by atoms with Crippen molar-refractivity contribution in [1.82, 2.24) is 9.88 Å². The van der Waals surface area contributed by atoms with Crippen molar-refractivity contribution in [1.29, 1.82) is 0 Å². The fraction of sp³-hybridized carbons (Fsp3) is 0.364. The van der Waals surface area contributed by atoms with Crippen LogP contribution in [0.3, 0.4) is 0 Å². The van der Waals surface area contributed by atoms with Crippen molar-refractivity contribution in [3.05, 3.63) is 41.3 Å². The lowest BCUT2D eigenvalue weighted by Gasteiger charge is -2.31. The van der Waals surface area contributed by atoms with Gasteiger partial charge in [-0.2, -0.15) is 0 Å². The van der Waals surface area contributed by atoms with Gasteiger partial charge in [0.1, 0.15) is 15.5 Å². The summed E-state index contributed by atoms with van der Waals surface area (Å²) in [4.78, 5) is 21.1. The molecular weight excluding hydrogens is 370 g/mol. The highest BCUT2D eigenvalue weighted by molar-refractivity contribution is 7.21. The zero-order valence-corrected chi connectivity index (χ0v) is 17.1. The Balaban J connectivity index is 1.64. The Morgan fingerprint density at radius 3 is 2.54 bits per heavy atom. The molecule has 1 aliphatic carbocycles. The fourth-order valence-electron chi connectivity index (χ4n) is 3.87. The molecule has 1 aliphatic rings. The number of carbonyl (C=O) groups is 1. The van der Waals surface area contributed by atoms with Gasteiger partial charge >= 0.3 is 0 Å². The fourth-order valence-corrected chi connectivity index (χ4v) is 4.95. The molecule has 0 atom stereocenters. The number of anilines is 1. The SMILES string of the molecule is COc1ccc(-c2ccc3c(N)c(C(=O)N(C)C4CCCCC4)sc3n2)cc1. The molecule has 0 aliphatic heterocycles. The van der Waals surface area contributed by atoms with E-state index in [1.807, 2.05) is 48.3 Å². The summed E-state index contributed by atoms with van der Waals surface area (Å²) in [7, 11) is 3.55. The van der Waals surface area contributed by atoms with Gasteiger partial charge in [-0.3, -0.25) is 4.79 Å². The summed E-state index contributed by atoms with van der Waals surface area (Å²) in [5.41, 5.74) is 8.74. The van der Waals surface area contributed by atoms with Crippen molar-refractivity contribution in [3.63, 3.8) is 0 Å². The van der Waals surface area contributed by atoms with Gasteiger partial charge in [0.2, 0.25) is 0 Å². The third-order valence-corrected chi connectivity index (χ3v) is 6.72. The molecule has 2 N–H and O–H groups in total. The maximum absolute atomic E-state index is 13.1. The van der Waals surface area contributed by atoms with Crippen molar-refractivity contribution in [2.24, 2.45) is 0 Å². The van der Waals surface area contributed by atoms with Crippen molar-refractivity contribution in [3.8, 4) is 17.0 Å². The molecule has 28 heavy (non-hydrogen) atoms. The summed E-state index contributed by atoms with van der Waals surface area (Å²) in [6.07, 6.45) is 5.80. The van der Waals surface area contributed by atoms with Crippen molar-refractivity contribution in [2.75, 3.05) is 19.9 Å². The van der Waals surface area contributed by atoms with Gasteiger partial charge in [-0.05, 0) is 49.2 Å². The largest absolute Gasteiger partial charge is 0.497 e. The first kappa shape index (κ1) is 18.7. The summed E-state index contributed by atoms with van der Waals surface area (Å²) < 4.78 is 5.22. The maximum Gasteiger partial charge on any atom is 0.266 e. The lowest BCUT2D eigenvalue weighted by molar-refractivity contribution is 0.0702. The van der Waals surface area contributed by atoms with Gasteiger partial charge < -0.3 is 15.4 Å². The topological polar surface area (TPSA) is 68.5 Å². The van der Waals surface area contributed by atoms with Gasteiger partial charge in [-0.15, -0.1) is 11.3 Å². The van der Waals surface area contributed by atoms with E-state index in [0.717, 1.165) is 40.1 Å². The van der Waals surface area contributed by atoms with Crippen molar-refractivity contribution >= 4 is 33.1 Å². The van der Waals surface area contributed by atoms with Gasteiger partial charge in [-0.25, -0.2) is 4.98 Å². The maximum atomic E-state index is 13.1. The average Bonchev–Trinajstić information content (AvgIpc) is 3.09. The second-order valence-corrected chi connectivity index (χ2v) is 8.33. The first-order valence-corrected chi connectivity index (χ1v) is 10.5. The van der Waals surface area contributed by atoms with Crippen LogP contribution in [0.4, 0.5) is 5.69 Å². The summed E-state index contributed by atoms with van der Waals surface area (Å²) in [5.74, 6) is 0.822. The number of benzene rings is 1. The number of amides is 1. The number of methoxy groups -OCH3 is 1. The Kier molecular flexibility index (Phi) is 5.22. The second-order valence-electron chi connectivity index (χ2n) is 7.33. The van der Waals surface area contributed by atoms with Crippen LogP contribution >= 0.6 is 11.3 Å². The van der Waals surface area contributed by atoms with Crippen LogP contribution in [0.15, 0.2) is 36.4 Å². The third-order valence-electron chi connectivity index (χ3n) is 5.62. The van der Waals surface area contributed by atoms with E-state index in [4.69, 9.17) is 15.5 Å². The number of ether oxygens (including phenoxy) is 1. The van der Waals surface area contributed by atoms with E-state index in [0.29, 0.717) is 16.6 Å². The van der Waals surface area contributed by atoms with Crippen molar-refractivity contribution in [2.45, 2.75) is 38.1 Å². The van der Waals surface area contributed by atoms with Gasteiger partial charge in [0.15, 0.2) is 0 Å². The molecule has 5 nitrogen and oxygen atoms in total. The number of hydrogen-bond acceptors (Lipinski definition) is 5. The number of aromatic nitrogens is 1. The number of rotatable bonds is 4. The molecule has 2 aromatic heterocycles. The number of nitrogen functional groups attached to an aromatic ring is 1. The molecule has 6 heteroatoms. The number of nitrogens with two attached hydrogens (primary N) is 1. The van der Waals surface area contributed by atoms with Gasteiger partial charge in [0.05, 0.1) is 18.5 Å². The zero-order valence-electron chi connectivity index (χ0n) is 16.3. The molecule has 0 radical (unpaired) electrons. The summed E-state index contributed by atoms with van der Waals surface area (Å²) >= 11 is 1.39. The molecule has 1 saturated carbocycles. The Morgan fingerprint density at radius 2 is 1.86 bits per heavy atom. The van der Waals surface area contributed by atoms with E-state index >= 15 is 0 Å². The highest BCUT2D eigenvalue weighted by Gasteiger charge is 2.26. The minimum Gasteiger partial charge on any atom is -0.497 e. The van der Waals surface area contributed by atoms with Crippen LogP contribution in [0.5, 0.6) is 5.75 Å². The number of pyridine rings is 1. The molecular formula is C22H25N3O2S. The summed E-state index contributed by atoms with van der Waals surface area (Å²) in [6, 6.07) is 12.0. The first-order chi connectivity index (χ1) is 13.6. The van der Waals surface area contributed by atoms with E-state index < -0.39 is 0 Å². The van der Waals surface area contributed by atoms with Crippen LogP contribution in [-0.2, 0) is 0 Å². The number of nitrogens with zero attached hydrogens (tertiary/aromatic N) is 2. The monoisotopic (exact) mass is 395 g/mol. The standard InChI is InChI=1S/C22H25N3O2S/c1-25(15-6-4-3-5-7-15)22(26)20-19(23)17-12-13-18(24-21(17)28-20)14-8-10-16(27-2)11-9-14/h8-13,15H,3-7,23H2,1-2H3. The normalized spacial score (nSPS) is 14.9. The molecule has 1 aromatic carbocycles. The molecule has 2 heterocycles. The van der Waals surface area contributed by atoms with E-state index in [2.05, 4.69) is 0 Å². The van der Waals surface area contributed by atoms with Crippen LogP contribution in [0, 0.1) is 0 Å². The highest BCUT2D eigenvalue weighted by Crippen LogP contribution is 2.36. The Bertz CT molecular complexity index is 991. The van der Waals surface area contributed by atoms with E-state index in [1.54, 1.807) is 7.11 Å². The Hall–Kier alpha value is -2.60. The van der Waals surface area contributed by atoms with E-state index in [1.165, 1.54) is 30.6 Å². The molecule has 0 unspecified atom stereocenters. The Morgan fingerprint density at radius 1 is 1.14 bits per heavy atom. The first-order valence-electron chi connectivity index (χ1n) is 9.69. The average molecular weight is 396 g/mol. The number of fused-ring (bicyclic) bond motifs is 1. The quantitative estimate of drug-likeness (QED) is 0.678. The lowest BCUT2D eigenvalue weighted by Crippen LogP contribution is -2.38. The minimum atomic E-state index is 0.0124. The molecule has 146 valence electrons. The highest BCUT2D eigenvalue weighted by atomic mass is 32.1. The molecule has 0 bridgehead atoms. The predicted molar refractivity (Wildman–Crippen MR) is 115 cm³/mol. The smallest absolute Gasteiger partial charge is 0.266 e. The molecule has 0 spiro atoms. The van der Waals surface area contributed by atoms with Gasteiger partial charge in [0, 0.05) is 24.0 Å². The van der Waals surface area contributed by atoms with Gasteiger partial charge in [0.25, 0.3) is 5.91 Å². The van der Waals surface area contributed by atoms with E-state index in [-0.39, 0.29) is 5.91 Å². The predicted octanol–water partition coefficient (Wildman–Crippen LogP) is 4.96. The van der Waals surface area contributed by atoms with Crippen molar-refractivity contribution < 1.29 is 9.53 Å². The number of thiophene rings is 1. The van der Waals surface area contributed by atoms with Crippen LogP contribution < -0.4 is 10.5 Å². The second kappa shape index (κ2) is 7.80. The number of carbonyl (C=O) groups excluding carboxylic acids is 1. The molecule has 1 fully saturated rings. The summed E-state index contributed by atoms with van der Waals surface area (Å²) in [6.45, 7) is 0. The van der Waals surface area contributed by atoms with Crippen LogP contribution in [0.2, 0.25) is 0 Å². The van der Waals surface area contributed by atoms with Crippen LogP contribution in [0.25, 0.3) is 21.5 Å². The molecule has 1 amide bonds. The third kappa shape index (κ3) is 3.44. The summed E-state index contributed by atoms with van der Waals surface area (Å²) in [5, 5.41) is 0.850. The Labute approximate surface area is 169 Å². The van der Waals surface area contributed by atoms with E-state index in [9.17, 15) is 4.79 Å². The zero-order chi connectivity index (χ0) is 19.7. The molecule has 3 aromatic rings. The number of hydrogen-bond donors (Lipinski definition) is 1. The lowest BCUT2D eigenvalue weighted by atomic mass is 9.94. The molecule has 4 rings (SSSR count). The minimum absolute atomic E-state index is 0.0124. The van der Waals surface area contributed by atoms with Crippen LogP contribution in [0.1, 0.15) is 41.8 Å². The van der Waals surface area contributed by atoms with Gasteiger partial charge in [-0.1, -0.05) is 19.3 Å². The van der Waals surface area contributed by atoms with Crippen LogP contribution in [-0.4, -0.2) is 36.0 Å².